The van der Waals surface area contributed by atoms with E-state index in [1.807, 2.05) is 12.1 Å². The minimum absolute atomic E-state index is 0.564. The molecule has 0 saturated carbocycles. The number of thiophene rings is 1. The maximum atomic E-state index is 5.69. The third kappa shape index (κ3) is 1.55. The number of aromatic amines is 1. The fraction of sp³-hybridized carbons (Fsp3) is 0. The molecule has 0 amide bonds. The predicted octanol–water partition coefficient (Wildman–Crippen LogP) is 3.55. The van der Waals surface area contributed by atoms with E-state index in [1.165, 1.54) is 0 Å². The third-order valence-electron chi connectivity index (χ3n) is 1.35. The monoisotopic (exact) mass is 262 g/mol. The van der Waals surface area contributed by atoms with Crippen molar-refractivity contribution in [1.29, 1.82) is 0 Å². The SMILES string of the molecule is Clc1cnc(-c2ccc(Br)s2)[nH]1. The highest BCUT2D eigenvalue weighted by molar-refractivity contribution is 9.11. The van der Waals surface area contributed by atoms with Crippen molar-refractivity contribution < 1.29 is 0 Å². The number of hydrogen-bond donors (Lipinski definition) is 1. The Morgan fingerprint density at radius 3 is 2.83 bits per heavy atom. The predicted molar refractivity (Wildman–Crippen MR) is 54.6 cm³/mol. The van der Waals surface area contributed by atoms with Crippen molar-refractivity contribution >= 4 is 38.9 Å². The Kier molecular flexibility index (Phi) is 2.21. The van der Waals surface area contributed by atoms with Crippen LogP contribution < -0.4 is 0 Å². The molecule has 0 spiro atoms. The van der Waals surface area contributed by atoms with Gasteiger partial charge in [-0.15, -0.1) is 11.3 Å². The van der Waals surface area contributed by atoms with Crippen molar-refractivity contribution in [2.24, 2.45) is 0 Å². The van der Waals surface area contributed by atoms with Crippen molar-refractivity contribution in [2.75, 3.05) is 0 Å². The number of imidazole rings is 1. The molecule has 0 bridgehead atoms. The van der Waals surface area contributed by atoms with Crippen molar-refractivity contribution in [3.8, 4) is 10.7 Å². The fourth-order valence-electron chi connectivity index (χ4n) is 0.866. The lowest BCUT2D eigenvalue weighted by atomic mass is 10.4. The lowest BCUT2D eigenvalue weighted by molar-refractivity contribution is 1.33. The zero-order chi connectivity index (χ0) is 8.55. The molecular formula is C7H4BrClN2S. The summed E-state index contributed by atoms with van der Waals surface area (Å²) >= 11 is 10.7. The first-order chi connectivity index (χ1) is 5.75. The van der Waals surface area contributed by atoms with E-state index in [4.69, 9.17) is 11.6 Å². The molecule has 2 aromatic heterocycles. The van der Waals surface area contributed by atoms with Crippen LogP contribution in [-0.2, 0) is 0 Å². The topological polar surface area (TPSA) is 28.7 Å². The smallest absolute Gasteiger partial charge is 0.148 e. The van der Waals surface area contributed by atoms with E-state index in [2.05, 4.69) is 25.9 Å². The molecule has 5 heteroatoms. The molecule has 2 nitrogen and oxygen atoms in total. The molecule has 1 N–H and O–H groups in total. The summed E-state index contributed by atoms with van der Waals surface area (Å²) in [4.78, 5) is 8.13. The van der Waals surface area contributed by atoms with Gasteiger partial charge in [0.2, 0.25) is 0 Å². The highest BCUT2D eigenvalue weighted by Gasteiger charge is 2.04. The number of halogens is 2. The number of rotatable bonds is 1. The lowest BCUT2D eigenvalue weighted by Gasteiger charge is -1.86. The van der Waals surface area contributed by atoms with Gasteiger partial charge in [0.1, 0.15) is 11.0 Å². The Hall–Kier alpha value is -0.320. The summed E-state index contributed by atoms with van der Waals surface area (Å²) in [6.07, 6.45) is 1.60. The van der Waals surface area contributed by atoms with E-state index in [9.17, 15) is 0 Å². The Morgan fingerprint density at radius 1 is 1.50 bits per heavy atom. The maximum absolute atomic E-state index is 5.69. The van der Waals surface area contributed by atoms with Gasteiger partial charge in [-0.1, -0.05) is 11.6 Å². The number of H-pyrrole nitrogens is 1. The summed E-state index contributed by atoms with van der Waals surface area (Å²) in [6.45, 7) is 0. The number of nitrogens with one attached hydrogen (secondary N) is 1. The van der Waals surface area contributed by atoms with Crippen LogP contribution in [0.2, 0.25) is 5.15 Å². The quantitative estimate of drug-likeness (QED) is 0.837. The van der Waals surface area contributed by atoms with Gasteiger partial charge in [-0.05, 0) is 28.1 Å². The summed E-state index contributed by atoms with van der Waals surface area (Å²) in [6, 6.07) is 3.97. The molecule has 62 valence electrons. The van der Waals surface area contributed by atoms with Gasteiger partial charge in [0.15, 0.2) is 0 Å². The zero-order valence-electron chi connectivity index (χ0n) is 5.84. The van der Waals surface area contributed by atoms with E-state index >= 15 is 0 Å². The van der Waals surface area contributed by atoms with E-state index in [0.29, 0.717) is 5.15 Å². The van der Waals surface area contributed by atoms with Crippen molar-refractivity contribution in [1.82, 2.24) is 9.97 Å². The highest BCUT2D eigenvalue weighted by atomic mass is 79.9. The third-order valence-corrected chi connectivity index (χ3v) is 3.17. The standard InChI is InChI=1S/C7H4BrClN2S/c8-5-2-1-4(12-5)7-10-3-6(9)11-7/h1-3H,(H,10,11). The molecule has 0 aliphatic rings. The Labute approximate surface area is 86.7 Å². The molecule has 0 aliphatic carbocycles. The Balaban J connectivity index is 2.43. The summed E-state index contributed by atoms with van der Waals surface area (Å²) in [5.41, 5.74) is 0. The molecule has 2 aromatic rings. The van der Waals surface area contributed by atoms with Crippen LogP contribution in [0.25, 0.3) is 10.7 Å². The van der Waals surface area contributed by atoms with E-state index < -0.39 is 0 Å². The Bertz CT molecular complexity index is 357. The highest BCUT2D eigenvalue weighted by Crippen LogP contribution is 2.29. The van der Waals surface area contributed by atoms with Crippen LogP contribution in [0.3, 0.4) is 0 Å². The maximum Gasteiger partial charge on any atom is 0.148 e. The molecule has 0 aliphatic heterocycles. The van der Waals surface area contributed by atoms with Gasteiger partial charge in [-0.2, -0.15) is 0 Å². The van der Waals surface area contributed by atoms with Crippen LogP contribution in [0.5, 0.6) is 0 Å². The van der Waals surface area contributed by atoms with Crippen LogP contribution in [-0.4, -0.2) is 9.97 Å². The summed E-state index contributed by atoms with van der Waals surface area (Å²) in [5, 5.41) is 0.564. The average Bonchev–Trinajstić information content (AvgIpc) is 2.58. The molecular weight excluding hydrogens is 260 g/mol. The van der Waals surface area contributed by atoms with Crippen LogP contribution >= 0.6 is 38.9 Å². The van der Waals surface area contributed by atoms with Crippen molar-refractivity contribution in [3.63, 3.8) is 0 Å². The van der Waals surface area contributed by atoms with Gasteiger partial charge in [0, 0.05) is 0 Å². The summed E-state index contributed by atoms with van der Waals surface area (Å²) < 4.78 is 1.09. The summed E-state index contributed by atoms with van der Waals surface area (Å²) in [7, 11) is 0. The first kappa shape index (κ1) is 8.29. The minimum atomic E-state index is 0.564. The molecule has 0 unspecified atom stereocenters. The van der Waals surface area contributed by atoms with Gasteiger partial charge >= 0.3 is 0 Å². The van der Waals surface area contributed by atoms with Crippen molar-refractivity contribution in [2.45, 2.75) is 0 Å². The Morgan fingerprint density at radius 2 is 2.33 bits per heavy atom. The van der Waals surface area contributed by atoms with Gasteiger partial charge in [-0.25, -0.2) is 4.98 Å². The largest absolute Gasteiger partial charge is 0.328 e. The van der Waals surface area contributed by atoms with Crippen LogP contribution in [0, 0.1) is 0 Å². The van der Waals surface area contributed by atoms with Gasteiger partial charge < -0.3 is 4.98 Å². The molecule has 0 saturated heterocycles. The molecule has 0 atom stereocenters. The lowest BCUT2D eigenvalue weighted by Crippen LogP contribution is -1.72. The second-order valence-electron chi connectivity index (χ2n) is 2.18. The first-order valence-corrected chi connectivity index (χ1v) is 5.20. The first-order valence-electron chi connectivity index (χ1n) is 3.22. The van der Waals surface area contributed by atoms with Crippen LogP contribution in [0.4, 0.5) is 0 Å². The van der Waals surface area contributed by atoms with Gasteiger partial charge in [-0.3, -0.25) is 0 Å². The summed E-state index contributed by atoms with van der Waals surface area (Å²) in [5.74, 6) is 0.815. The number of hydrogen-bond acceptors (Lipinski definition) is 2. The molecule has 2 heterocycles. The number of aromatic nitrogens is 2. The normalized spacial score (nSPS) is 10.5. The minimum Gasteiger partial charge on any atom is -0.328 e. The second kappa shape index (κ2) is 3.20. The zero-order valence-corrected chi connectivity index (χ0v) is 9.00. The molecule has 2 rings (SSSR count). The van der Waals surface area contributed by atoms with Gasteiger partial charge in [0.25, 0.3) is 0 Å². The van der Waals surface area contributed by atoms with Crippen LogP contribution in [0.1, 0.15) is 0 Å². The molecule has 0 fully saturated rings. The van der Waals surface area contributed by atoms with Crippen LogP contribution in [0.15, 0.2) is 22.1 Å². The van der Waals surface area contributed by atoms with E-state index in [0.717, 1.165) is 14.5 Å². The molecule has 0 radical (unpaired) electrons. The average molecular weight is 264 g/mol. The molecule has 12 heavy (non-hydrogen) atoms. The van der Waals surface area contributed by atoms with E-state index in [1.54, 1.807) is 17.5 Å². The van der Waals surface area contributed by atoms with E-state index in [-0.39, 0.29) is 0 Å². The second-order valence-corrected chi connectivity index (χ2v) is 5.05. The van der Waals surface area contributed by atoms with Gasteiger partial charge in [0.05, 0.1) is 14.9 Å². The molecule has 0 aromatic carbocycles. The number of nitrogens with zero attached hydrogens (tertiary/aromatic N) is 1. The fourth-order valence-corrected chi connectivity index (χ4v) is 2.34. The van der Waals surface area contributed by atoms with Crippen molar-refractivity contribution in [3.05, 3.63) is 27.3 Å².